The molecule has 0 aliphatic carbocycles. The van der Waals surface area contributed by atoms with E-state index in [0.717, 1.165) is 37.4 Å². The number of ether oxygens (including phenoxy) is 1. The predicted octanol–water partition coefficient (Wildman–Crippen LogP) is 1.64. The standard InChI is InChI=1S/C23H31N3O4S/c1-24-31(28,29)21-8-9-23-18(13-21)12-20(30-23)15-25(2)22(17-6-4-3-5-7-17)16-26-11-10-19(27)14-26/h3-9,13,19-20,22,24,27H,10-12,14-16H2,1-2H3/t19-,20?,22?/m0/s1. The Bertz CT molecular complexity index is 999. The van der Waals surface area contributed by atoms with Crippen LogP contribution in [0.25, 0.3) is 0 Å². The number of hydrogen-bond acceptors (Lipinski definition) is 6. The second-order valence-electron chi connectivity index (χ2n) is 8.49. The third-order valence-electron chi connectivity index (χ3n) is 6.24. The summed E-state index contributed by atoms with van der Waals surface area (Å²) in [4.78, 5) is 4.89. The van der Waals surface area contributed by atoms with Crippen molar-refractivity contribution in [1.29, 1.82) is 0 Å². The summed E-state index contributed by atoms with van der Waals surface area (Å²) in [6, 6.07) is 15.7. The number of nitrogens with zero attached hydrogens (tertiary/aromatic N) is 2. The summed E-state index contributed by atoms with van der Waals surface area (Å²) < 4.78 is 32.7. The number of β-amino-alcohol motifs (C(OH)–C–C–N with tert-alkyl or cyclic N) is 1. The van der Waals surface area contributed by atoms with Crippen molar-refractivity contribution in [3.05, 3.63) is 59.7 Å². The average Bonchev–Trinajstić information content (AvgIpc) is 3.36. The molecule has 0 aromatic heterocycles. The lowest BCUT2D eigenvalue weighted by molar-refractivity contribution is 0.112. The molecule has 168 valence electrons. The van der Waals surface area contributed by atoms with Gasteiger partial charge in [0.25, 0.3) is 0 Å². The van der Waals surface area contributed by atoms with E-state index in [1.165, 1.54) is 12.6 Å². The van der Waals surface area contributed by atoms with Gasteiger partial charge in [-0.05, 0) is 49.8 Å². The highest BCUT2D eigenvalue weighted by atomic mass is 32.2. The zero-order valence-corrected chi connectivity index (χ0v) is 18.9. The molecule has 31 heavy (non-hydrogen) atoms. The third kappa shape index (κ3) is 5.10. The number of likely N-dealkylation sites (tertiary alicyclic amines) is 1. The number of benzene rings is 2. The Balaban J connectivity index is 1.46. The van der Waals surface area contributed by atoms with Crippen molar-refractivity contribution in [1.82, 2.24) is 14.5 Å². The summed E-state index contributed by atoms with van der Waals surface area (Å²) in [6.07, 6.45) is 1.22. The van der Waals surface area contributed by atoms with Crippen molar-refractivity contribution in [2.45, 2.75) is 36.0 Å². The van der Waals surface area contributed by atoms with Gasteiger partial charge in [0.1, 0.15) is 11.9 Å². The molecule has 0 saturated carbocycles. The third-order valence-corrected chi connectivity index (χ3v) is 7.65. The van der Waals surface area contributed by atoms with Gasteiger partial charge in [-0.25, -0.2) is 13.1 Å². The Morgan fingerprint density at radius 3 is 2.71 bits per heavy atom. The fourth-order valence-electron chi connectivity index (χ4n) is 4.53. The fraction of sp³-hybridized carbons (Fsp3) is 0.478. The number of rotatable bonds is 8. The number of aliphatic hydroxyl groups is 1. The number of nitrogens with one attached hydrogen (secondary N) is 1. The van der Waals surface area contributed by atoms with Crippen LogP contribution in [0.2, 0.25) is 0 Å². The molecule has 8 heteroatoms. The molecule has 2 aromatic carbocycles. The lowest BCUT2D eigenvalue weighted by Crippen LogP contribution is -2.40. The van der Waals surface area contributed by atoms with E-state index in [1.807, 2.05) is 6.07 Å². The van der Waals surface area contributed by atoms with Gasteiger partial charge < -0.3 is 9.84 Å². The Morgan fingerprint density at radius 2 is 2.03 bits per heavy atom. The molecule has 0 bridgehead atoms. The van der Waals surface area contributed by atoms with Crippen LogP contribution >= 0.6 is 0 Å². The maximum absolute atomic E-state index is 12.1. The summed E-state index contributed by atoms with van der Waals surface area (Å²) in [5.41, 5.74) is 2.16. The quantitative estimate of drug-likeness (QED) is 0.643. The molecule has 0 radical (unpaired) electrons. The highest BCUT2D eigenvalue weighted by molar-refractivity contribution is 7.89. The molecule has 2 unspecified atom stereocenters. The van der Waals surface area contributed by atoms with E-state index >= 15 is 0 Å². The van der Waals surface area contributed by atoms with E-state index in [-0.39, 0.29) is 23.1 Å². The monoisotopic (exact) mass is 445 g/mol. The molecule has 3 atom stereocenters. The molecule has 2 aliphatic rings. The van der Waals surface area contributed by atoms with Gasteiger partial charge in [0.05, 0.1) is 11.0 Å². The highest BCUT2D eigenvalue weighted by Gasteiger charge is 2.30. The van der Waals surface area contributed by atoms with Crippen LogP contribution in [0.15, 0.2) is 53.4 Å². The molecular formula is C23H31N3O4S. The van der Waals surface area contributed by atoms with Crippen LogP contribution in [-0.4, -0.2) is 75.8 Å². The van der Waals surface area contributed by atoms with Gasteiger partial charge in [0.15, 0.2) is 0 Å². The minimum atomic E-state index is -3.47. The van der Waals surface area contributed by atoms with Crippen molar-refractivity contribution in [2.24, 2.45) is 0 Å². The second kappa shape index (κ2) is 9.26. The molecule has 2 aromatic rings. The number of sulfonamides is 1. The van der Waals surface area contributed by atoms with Crippen molar-refractivity contribution in [3.63, 3.8) is 0 Å². The Kier molecular flexibility index (Phi) is 6.64. The smallest absolute Gasteiger partial charge is 0.240 e. The molecule has 2 heterocycles. The van der Waals surface area contributed by atoms with Crippen molar-refractivity contribution in [2.75, 3.05) is 40.3 Å². The molecule has 2 N–H and O–H groups in total. The minimum Gasteiger partial charge on any atom is -0.488 e. The molecule has 0 spiro atoms. The van der Waals surface area contributed by atoms with Crippen LogP contribution in [0.4, 0.5) is 0 Å². The molecular weight excluding hydrogens is 414 g/mol. The lowest BCUT2D eigenvalue weighted by Gasteiger charge is -2.33. The van der Waals surface area contributed by atoms with E-state index in [2.05, 4.69) is 45.8 Å². The minimum absolute atomic E-state index is 0.0390. The van der Waals surface area contributed by atoms with Crippen LogP contribution in [-0.2, 0) is 16.4 Å². The first-order valence-electron chi connectivity index (χ1n) is 10.7. The van der Waals surface area contributed by atoms with Gasteiger partial charge in [0, 0.05) is 38.6 Å². The summed E-state index contributed by atoms with van der Waals surface area (Å²) >= 11 is 0. The predicted molar refractivity (Wildman–Crippen MR) is 120 cm³/mol. The molecule has 2 aliphatic heterocycles. The van der Waals surface area contributed by atoms with Crippen molar-refractivity contribution >= 4 is 10.0 Å². The topological polar surface area (TPSA) is 82.1 Å². The van der Waals surface area contributed by atoms with Crippen LogP contribution in [0, 0.1) is 0 Å². The molecule has 0 amide bonds. The summed E-state index contributed by atoms with van der Waals surface area (Å²) in [6.45, 7) is 3.19. The van der Waals surface area contributed by atoms with E-state index in [0.29, 0.717) is 13.0 Å². The van der Waals surface area contributed by atoms with Crippen molar-refractivity contribution in [3.8, 4) is 5.75 Å². The van der Waals surface area contributed by atoms with Gasteiger partial charge >= 0.3 is 0 Å². The number of aliphatic hydroxyl groups excluding tert-OH is 1. The number of likely N-dealkylation sites (N-methyl/N-ethyl adjacent to an activating group) is 1. The van der Waals surface area contributed by atoms with Gasteiger partial charge in [0.2, 0.25) is 10.0 Å². The maximum atomic E-state index is 12.1. The normalized spacial score (nSPS) is 22.5. The maximum Gasteiger partial charge on any atom is 0.240 e. The van der Waals surface area contributed by atoms with Crippen LogP contribution in [0.5, 0.6) is 5.75 Å². The van der Waals surface area contributed by atoms with Crippen LogP contribution in [0.3, 0.4) is 0 Å². The molecule has 1 saturated heterocycles. The van der Waals surface area contributed by atoms with Gasteiger partial charge in [-0.15, -0.1) is 0 Å². The first kappa shape index (κ1) is 22.2. The fourth-order valence-corrected chi connectivity index (χ4v) is 5.31. The number of hydrogen-bond donors (Lipinski definition) is 2. The first-order chi connectivity index (χ1) is 14.9. The summed E-state index contributed by atoms with van der Waals surface area (Å²) in [7, 11) is 0.0515. The van der Waals surface area contributed by atoms with Crippen molar-refractivity contribution < 1.29 is 18.3 Å². The molecule has 1 fully saturated rings. The number of fused-ring (bicyclic) bond motifs is 1. The first-order valence-corrected chi connectivity index (χ1v) is 12.2. The zero-order valence-electron chi connectivity index (χ0n) is 18.1. The summed E-state index contributed by atoms with van der Waals surface area (Å²) in [5, 5.41) is 9.93. The van der Waals surface area contributed by atoms with Gasteiger partial charge in [-0.2, -0.15) is 0 Å². The van der Waals surface area contributed by atoms with Crippen LogP contribution < -0.4 is 9.46 Å². The second-order valence-corrected chi connectivity index (χ2v) is 10.4. The Morgan fingerprint density at radius 1 is 1.26 bits per heavy atom. The highest BCUT2D eigenvalue weighted by Crippen LogP contribution is 2.32. The Labute approximate surface area is 184 Å². The largest absolute Gasteiger partial charge is 0.488 e. The van der Waals surface area contributed by atoms with Gasteiger partial charge in [-0.1, -0.05) is 30.3 Å². The SMILES string of the molecule is CNS(=O)(=O)c1ccc2c(c1)CC(CN(C)C(CN1CC[C@H](O)C1)c1ccccc1)O2. The van der Waals surface area contributed by atoms with E-state index in [9.17, 15) is 13.5 Å². The Hall–Kier alpha value is -1.97. The van der Waals surface area contributed by atoms with E-state index < -0.39 is 10.0 Å². The zero-order chi connectivity index (χ0) is 22.0. The molecule has 7 nitrogen and oxygen atoms in total. The van der Waals surface area contributed by atoms with E-state index in [4.69, 9.17) is 4.74 Å². The summed E-state index contributed by atoms with van der Waals surface area (Å²) in [5.74, 6) is 0.757. The molecule has 4 rings (SSSR count). The van der Waals surface area contributed by atoms with E-state index in [1.54, 1.807) is 18.2 Å². The van der Waals surface area contributed by atoms with Gasteiger partial charge in [-0.3, -0.25) is 9.80 Å². The lowest BCUT2D eigenvalue weighted by atomic mass is 10.0. The average molecular weight is 446 g/mol. The van der Waals surface area contributed by atoms with Crippen LogP contribution in [0.1, 0.15) is 23.6 Å².